The first kappa shape index (κ1) is 16.8. The molecule has 7 heteroatoms. The fourth-order valence-electron chi connectivity index (χ4n) is 3.41. The van der Waals surface area contributed by atoms with Crippen molar-refractivity contribution >= 4 is 11.8 Å². The number of carbonyl (C=O) groups excluding carboxylic acids is 2. The van der Waals surface area contributed by atoms with Crippen molar-refractivity contribution in [2.45, 2.75) is 31.7 Å². The maximum atomic E-state index is 13.6. The highest BCUT2D eigenvalue weighted by Crippen LogP contribution is 2.17. The molecule has 2 fully saturated rings. The van der Waals surface area contributed by atoms with E-state index in [1.807, 2.05) is 0 Å². The van der Waals surface area contributed by atoms with Gasteiger partial charge in [0.15, 0.2) is 0 Å². The molecular formula is C17H23FN4O2. The third-order valence-electron chi connectivity index (χ3n) is 4.84. The third-order valence-corrected chi connectivity index (χ3v) is 4.84. The number of hydrogen-bond donors (Lipinski definition) is 1. The number of pyridine rings is 1. The van der Waals surface area contributed by atoms with Crippen LogP contribution < -0.4 is 5.32 Å². The summed E-state index contributed by atoms with van der Waals surface area (Å²) in [6, 6.07) is 3.25. The van der Waals surface area contributed by atoms with E-state index in [0.29, 0.717) is 25.6 Å². The Morgan fingerprint density at radius 3 is 2.83 bits per heavy atom. The van der Waals surface area contributed by atoms with E-state index in [9.17, 15) is 14.0 Å². The van der Waals surface area contributed by atoms with Gasteiger partial charge < -0.3 is 10.2 Å². The third kappa shape index (κ3) is 4.08. The lowest BCUT2D eigenvalue weighted by Gasteiger charge is -2.39. The van der Waals surface area contributed by atoms with Crippen molar-refractivity contribution < 1.29 is 14.0 Å². The number of carbonyl (C=O) groups is 2. The first-order valence-electron chi connectivity index (χ1n) is 8.51. The van der Waals surface area contributed by atoms with Crippen molar-refractivity contribution in [3.05, 3.63) is 29.8 Å². The van der Waals surface area contributed by atoms with Crippen LogP contribution in [-0.2, 0) is 16.0 Å². The average molecular weight is 334 g/mol. The summed E-state index contributed by atoms with van der Waals surface area (Å²) in [5.41, 5.74) is 0.207. The van der Waals surface area contributed by atoms with Gasteiger partial charge in [0, 0.05) is 51.4 Å². The Kier molecular flexibility index (Phi) is 5.40. The Morgan fingerprint density at radius 2 is 2.08 bits per heavy atom. The van der Waals surface area contributed by atoms with Gasteiger partial charge in [0.25, 0.3) is 0 Å². The predicted octanol–water partition coefficient (Wildman–Crippen LogP) is 0.576. The molecule has 0 bridgehead atoms. The molecule has 2 aliphatic rings. The summed E-state index contributed by atoms with van der Waals surface area (Å²) in [4.78, 5) is 31.9. The summed E-state index contributed by atoms with van der Waals surface area (Å²) in [5, 5.41) is 2.90. The molecule has 1 aromatic rings. The van der Waals surface area contributed by atoms with Crippen LogP contribution in [0.2, 0.25) is 0 Å². The Labute approximate surface area is 141 Å². The molecule has 2 saturated heterocycles. The molecule has 3 rings (SSSR count). The van der Waals surface area contributed by atoms with E-state index in [0.717, 1.165) is 32.5 Å². The van der Waals surface area contributed by atoms with Crippen LogP contribution in [0.4, 0.5) is 4.39 Å². The molecule has 0 aliphatic carbocycles. The number of hydrogen-bond acceptors (Lipinski definition) is 4. The van der Waals surface area contributed by atoms with Gasteiger partial charge in [-0.1, -0.05) is 0 Å². The molecule has 1 N–H and O–H groups in total. The fraction of sp³-hybridized carbons (Fsp3) is 0.588. The van der Waals surface area contributed by atoms with Crippen molar-refractivity contribution in [2.75, 3.05) is 32.7 Å². The van der Waals surface area contributed by atoms with E-state index in [1.165, 1.54) is 18.3 Å². The molecule has 0 radical (unpaired) electrons. The minimum Gasteiger partial charge on any atom is -0.356 e. The number of halogens is 1. The average Bonchev–Trinajstić information content (AvgIpc) is 2.82. The highest BCUT2D eigenvalue weighted by atomic mass is 19.1. The van der Waals surface area contributed by atoms with Crippen LogP contribution in [0.5, 0.6) is 0 Å². The zero-order valence-electron chi connectivity index (χ0n) is 13.7. The summed E-state index contributed by atoms with van der Waals surface area (Å²) < 4.78 is 13.6. The minimum atomic E-state index is -0.430. The lowest BCUT2D eigenvalue weighted by atomic mass is 10.1. The molecule has 2 aliphatic heterocycles. The van der Waals surface area contributed by atoms with Gasteiger partial charge in [0.1, 0.15) is 5.82 Å². The smallest absolute Gasteiger partial charge is 0.228 e. The molecule has 0 spiro atoms. The first-order chi connectivity index (χ1) is 11.6. The molecular weight excluding hydrogens is 311 g/mol. The number of nitrogens with one attached hydrogen (secondary N) is 1. The minimum absolute atomic E-state index is 0.00846. The molecule has 0 saturated carbocycles. The lowest BCUT2D eigenvalue weighted by Crippen LogP contribution is -2.52. The largest absolute Gasteiger partial charge is 0.356 e. The van der Waals surface area contributed by atoms with E-state index in [-0.39, 0.29) is 23.9 Å². The van der Waals surface area contributed by atoms with Crippen LogP contribution in [0.3, 0.4) is 0 Å². The summed E-state index contributed by atoms with van der Waals surface area (Å²) in [5.74, 6) is -0.381. The number of nitrogens with zero attached hydrogens (tertiary/aromatic N) is 3. The summed E-state index contributed by atoms with van der Waals surface area (Å²) >= 11 is 0. The van der Waals surface area contributed by atoms with Gasteiger partial charge >= 0.3 is 0 Å². The molecule has 6 nitrogen and oxygen atoms in total. The Morgan fingerprint density at radius 1 is 1.29 bits per heavy atom. The number of piperazine rings is 1. The fourth-order valence-corrected chi connectivity index (χ4v) is 3.41. The Bertz CT molecular complexity index is 602. The Balaban J connectivity index is 1.50. The van der Waals surface area contributed by atoms with Gasteiger partial charge in [0.2, 0.25) is 11.8 Å². The number of aromatic nitrogens is 1. The van der Waals surface area contributed by atoms with Gasteiger partial charge in [-0.2, -0.15) is 0 Å². The molecule has 1 atom stereocenters. The van der Waals surface area contributed by atoms with Crippen LogP contribution in [-0.4, -0.2) is 65.4 Å². The normalized spacial score (nSPS) is 22.8. The van der Waals surface area contributed by atoms with Crippen LogP contribution >= 0.6 is 0 Å². The first-order valence-corrected chi connectivity index (χ1v) is 8.51. The summed E-state index contributed by atoms with van der Waals surface area (Å²) in [6.45, 7) is 3.61. The maximum Gasteiger partial charge on any atom is 0.228 e. The highest BCUT2D eigenvalue weighted by molar-refractivity contribution is 5.78. The van der Waals surface area contributed by atoms with Gasteiger partial charge in [-0.15, -0.1) is 0 Å². The van der Waals surface area contributed by atoms with E-state index in [4.69, 9.17) is 0 Å². The van der Waals surface area contributed by atoms with E-state index < -0.39 is 5.82 Å². The molecule has 24 heavy (non-hydrogen) atoms. The second kappa shape index (κ2) is 7.70. The lowest BCUT2D eigenvalue weighted by molar-refractivity contribution is -0.132. The molecule has 3 heterocycles. The maximum absolute atomic E-state index is 13.6. The molecule has 1 unspecified atom stereocenters. The van der Waals surface area contributed by atoms with E-state index in [2.05, 4.69) is 15.2 Å². The molecule has 1 aromatic heterocycles. The summed E-state index contributed by atoms with van der Waals surface area (Å²) in [6.07, 6.45) is 3.92. The number of rotatable bonds is 3. The Hall–Kier alpha value is -2.02. The SMILES string of the molecule is O=C1CCC(N2CCN(C(=O)Cc3ncccc3F)CC2)CCN1. The second-order valence-electron chi connectivity index (χ2n) is 6.36. The van der Waals surface area contributed by atoms with Gasteiger partial charge in [-0.3, -0.25) is 19.5 Å². The van der Waals surface area contributed by atoms with Crippen LogP contribution in [0.1, 0.15) is 25.0 Å². The molecule has 0 aromatic carbocycles. The standard InChI is InChI=1S/C17H23FN4O2/c18-14-2-1-6-19-15(14)12-17(24)22-10-8-21(9-11-22)13-3-4-16(23)20-7-5-13/h1-2,6,13H,3-5,7-12H2,(H,20,23). The van der Waals surface area contributed by atoms with Crippen LogP contribution in [0.25, 0.3) is 0 Å². The molecule has 130 valence electrons. The van der Waals surface area contributed by atoms with Gasteiger partial charge in [-0.25, -0.2) is 4.39 Å². The molecule has 2 amide bonds. The monoisotopic (exact) mass is 334 g/mol. The van der Waals surface area contributed by atoms with E-state index in [1.54, 1.807) is 4.90 Å². The van der Waals surface area contributed by atoms with Crippen LogP contribution in [0.15, 0.2) is 18.3 Å². The topological polar surface area (TPSA) is 65.5 Å². The zero-order chi connectivity index (χ0) is 16.9. The van der Waals surface area contributed by atoms with Gasteiger partial charge in [0.05, 0.1) is 12.1 Å². The van der Waals surface area contributed by atoms with Crippen molar-refractivity contribution in [1.82, 2.24) is 20.1 Å². The highest BCUT2D eigenvalue weighted by Gasteiger charge is 2.28. The summed E-state index contributed by atoms with van der Waals surface area (Å²) in [7, 11) is 0. The van der Waals surface area contributed by atoms with Crippen molar-refractivity contribution in [3.8, 4) is 0 Å². The van der Waals surface area contributed by atoms with Gasteiger partial charge in [-0.05, 0) is 25.0 Å². The van der Waals surface area contributed by atoms with Crippen molar-refractivity contribution in [2.24, 2.45) is 0 Å². The second-order valence-corrected chi connectivity index (χ2v) is 6.36. The van der Waals surface area contributed by atoms with Crippen molar-refractivity contribution in [1.29, 1.82) is 0 Å². The van der Waals surface area contributed by atoms with Crippen LogP contribution in [0, 0.1) is 5.82 Å². The van der Waals surface area contributed by atoms with Crippen molar-refractivity contribution in [3.63, 3.8) is 0 Å². The zero-order valence-corrected chi connectivity index (χ0v) is 13.7. The van der Waals surface area contributed by atoms with E-state index >= 15 is 0 Å². The predicted molar refractivity (Wildman–Crippen MR) is 86.7 cm³/mol. The number of amides is 2. The quantitative estimate of drug-likeness (QED) is 0.878.